The number of nitrogens with two attached hydrogens (primary N) is 1. The fourth-order valence-corrected chi connectivity index (χ4v) is 2.07. The predicted molar refractivity (Wildman–Crippen MR) is 64.4 cm³/mol. The van der Waals surface area contributed by atoms with Crippen LogP contribution in [0.25, 0.3) is 0 Å². The van der Waals surface area contributed by atoms with E-state index in [-0.39, 0.29) is 16.8 Å². The number of carbonyl (C=O) groups excluding carboxylic acids is 1. The number of aromatic nitrogens is 1. The second-order valence-corrected chi connectivity index (χ2v) is 4.56. The molecule has 1 aromatic carbocycles. The van der Waals surface area contributed by atoms with Gasteiger partial charge in [-0.05, 0) is 0 Å². The van der Waals surface area contributed by atoms with Crippen LogP contribution in [0.2, 0.25) is 0 Å². The maximum atomic E-state index is 13.3. The van der Waals surface area contributed by atoms with Gasteiger partial charge >= 0.3 is 0 Å². The average Bonchev–Trinajstić information content (AvgIpc) is 2.93. The standard InChI is InChI=1S/C11H7F4N3O2S/c12-5-1-6(13)8(15)9(7(5)14)20-2-4-3-21-11(17-4)10(19)18-16/h1,3H,2,16H2,(H,18,19). The minimum atomic E-state index is -1.65. The number of carbonyl (C=O) groups is 1. The molecule has 21 heavy (non-hydrogen) atoms. The van der Waals surface area contributed by atoms with Gasteiger partial charge < -0.3 is 4.74 Å². The quantitative estimate of drug-likeness (QED) is 0.296. The summed E-state index contributed by atoms with van der Waals surface area (Å²) >= 11 is 0.913. The minimum Gasteiger partial charge on any atom is -0.481 e. The number of benzene rings is 1. The van der Waals surface area contributed by atoms with Gasteiger partial charge in [0.2, 0.25) is 11.6 Å². The molecule has 0 aliphatic heterocycles. The van der Waals surface area contributed by atoms with Gasteiger partial charge in [-0.25, -0.2) is 19.6 Å². The Morgan fingerprint density at radius 2 is 1.90 bits per heavy atom. The number of hydrogen-bond acceptors (Lipinski definition) is 5. The average molecular weight is 321 g/mol. The van der Waals surface area contributed by atoms with Crippen molar-refractivity contribution in [2.75, 3.05) is 0 Å². The highest BCUT2D eigenvalue weighted by atomic mass is 32.1. The molecule has 5 nitrogen and oxygen atoms in total. The summed E-state index contributed by atoms with van der Waals surface area (Å²) in [7, 11) is 0. The van der Waals surface area contributed by atoms with Gasteiger partial charge in [0.05, 0.1) is 5.69 Å². The van der Waals surface area contributed by atoms with Crippen LogP contribution in [0.15, 0.2) is 11.4 Å². The molecule has 10 heteroatoms. The summed E-state index contributed by atoms with van der Waals surface area (Å²) in [6.07, 6.45) is 0. The molecule has 3 N–H and O–H groups in total. The SMILES string of the molecule is NNC(=O)c1nc(COc2c(F)c(F)cc(F)c2F)cs1. The van der Waals surface area contributed by atoms with Gasteiger partial charge in [0.1, 0.15) is 6.61 Å². The molecule has 0 saturated carbocycles. The van der Waals surface area contributed by atoms with E-state index in [0.717, 1.165) is 11.3 Å². The molecule has 0 saturated heterocycles. The van der Waals surface area contributed by atoms with Gasteiger partial charge in [-0.2, -0.15) is 8.78 Å². The Kier molecular flexibility index (Phi) is 4.38. The lowest BCUT2D eigenvalue weighted by Gasteiger charge is -2.08. The maximum Gasteiger partial charge on any atom is 0.294 e. The zero-order valence-corrected chi connectivity index (χ0v) is 10.9. The summed E-state index contributed by atoms with van der Waals surface area (Å²) in [6, 6.07) is 0.0735. The molecule has 0 atom stereocenters. The number of halogens is 4. The first-order valence-electron chi connectivity index (χ1n) is 5.35. The van der Waals surface area contributed by atoms with Crippen molar-refractivity contribution >= 4 is 17.2 Å². The Balaban J connectivity index is 2.17. The summed E-state index contributed by atoms with van der Waals surface area (Å²) < 4.78 is 57.3. The van der Waals surface area contributed by atoms with Crippen molar-refractivity contribution in [1.82, 2.24) is 10.4 Å². The number of hydrogen-bond donors (Lipinski definition) is 2. The molecule has 2 aromatic rings. The number of rotatable bonds is 4. The van der Waals surface area contributed by atoms with E-state index in [1.807, 2.05) is 5.43 Å². The van der Waals surface area contributed by atoms with E-state index in [9.17, 15) is 22.4 Å². The minimum absolute atomic E-state index is 0.00228. The number of amides is 1. The third kappa shape index (κ3) is 3.11. The highest BCUT2D eigenvalue weighted by molar-refractivity contribution is 7.11. The van der Waals surface area contributed by atoms with Crippen LogP contribution in [0.3, 0.4) is 0 Å². The van der Waals surface area contributed by atoms with Gasteiger partial charge in [0.15, 0.2) is 22.4 Å². The number of nitrogen functional groups attached to an aromatic ring is 1. The van der Waals surface area contributed by atoms with E-state index in [1.54, 1.807) is 0 Å². The van der Waals surface area contributed by atoms with Crippen molar-refractivity contribution in [2.45, 2.75) is 6.61 Å². The molecule has 112 valence electrons. The van der Waals surface area contributed by atoms with Gasteiger partial charge in [0.25, 0.3) is 5.91 Å². The lowest BCUT2D eigenvalue weighted by atomic mass is 10.3. The second kappa shape index (κ2) is 6.06. The second-order valence-electron chi connectivity index (χ2n) is 3.70. The zero-order chi connectivity index (χ0) is 15.6. The molecule has 0 aliphatic carbocycles. The summed E-state index contributed by atoms with van der Waals surface area (Å²) in [5.74, 6) is -3.39. The van der Waals surface area contributed by atoms with E-state index < -0.39 is 41.5 Å². The fraction of sp³-hybridized carbons (Fsp3) is 0.0909. The van der Waals surface area contributed by atoms with Gasteiger partial charge in [-0.15, -0.1) is 11.3 Å². The first kappa shape index (κ1) is 15.2. The molecule has 1 heterocycles. The monoisotopic (exact) mass is 321 g/mol. The Labute approximate surface area is 119 Å². The lowest BCUT2D eigenvalue weighted by molar-refractivity contribution is 0.0953. The largest absolute Gasteiger partial charge is 0.481 e. The van der Waals surface area contributed by atoms with Gasteiger partial charge in [-0.1, -0.05) is 0 Å². The van der Waals surface area contributed by atoms with Crippen LogP contribution in [-0.4, -0.2) is 10.9 Å². The molecule has 0 unspecified atom stereocenters. The number of hydrazine groups is 1. The molecule has 2 rings (SSSR count). The zero-order valence-electron chi connectivity index (χ0n) is 10.1. The summed E-state index contributed by atoms with van der Waals surface area (Å²) in [6.45, 7) is -0.481. The maximum absolute atomic E-state index is 13.3. The molecular formula is C11H7F4N3O2S. The summed E-state index contributed by atoms with van der Waals surface area (Å²) in [4.78, 5) is 14.9. The van der Waals surface area contributed by atoms with E-state index in [4.69, 9.17) is 10.6 Å². The molecular weight excluding hydrogens is 314 g/mol. The highest BCUT2D eigenvalue weighted by Crippen LogP contribution is 2.27. The fourth-order valence-electron chi connectivity index (χ4n) is 1.36. The molecule has 0 fully saturated rings. The van der Waals surface area contributed by atoms with Crippen LogP contribution in [0.5, 0.6) is 5.75 Å². The Hall–Kier alpha value is -2.20. The number of nitrogens with zero attached hydrogens (tertiary/aromatic N) is 1. The number of thiazole rings is 1. The van der Waals surface area contributed by atoms with Crippen molar-refractivity contribution in [2.24, 2.45) is 5.84 Å². The van der Waals surface area contributed by atoms with Crippen molar-refractivity contribution in [3.05, 3.63) is 45.4 Å². The topological polar surface area (TPSA) is 77.2 Å². The van der Waals surface area contributed by atoms with E-state index in [0.29, 0.717) is 0 Å². The third-order valence-electron chi connectivity index (χ3n) is 2.31. The molecule has 0 spiro atoms. The number of nitrogens with one attached hydrogen (secondary N) is 1. The van der Waals surface area contributed by atoms with Crippen LogP contribution in [0.1, 0.15) is 15.5 Å². The summed E-state index contributed by atoms with van der Waals surface area (Å²) in [5.41, 5.74) is 1.99. The Bertz CT molecular complexity index is 666. The van der Waals surface area contributed by atoms with Crippen LogP contribution in [0, 0.1) is 23.3 Å². The van der Waals surface area contributed by atoms with E-state index in [1.165, 1.54) is 5.38 Å². The first-order valence-corrected chi connectivity index (χ1v) is 6.23. The van der Waals surface area contributed by atoms with Gasteiger partial charge in [0, 0.05) is 11.4 Å². The van der Waals surface area contributed by atoms with E-state index >= 15 is 0 Å². The highest BCUT2D eigenvalue weighted by Gasteiger charge is 2.21. The molecule has 0 bridgehead atoms. The lowest BCUT2D eigenvalue weighted by Crippen LogP contribution is -2.29. The molecule has 1 amide bonds. The smallest absolute Gasteiger partial charge is 0.294 e. The van der Waals surface area contributed by atoms with E-state index in [2.05, 4.69) is 4.98 Å². The van der Waals surface area contributed by atoms with Crippen molar-refractivity contribution in [3.8, 4) is 5.75 Å². The van der Waals surface area contributed by atoms with Crippen LogP contribution in [-0.2, 0) is 6.61 Å². The Morgan fingerprint density at radius 3 is 2.48 bits per heavy atom. The summed E-state index contributed by atoms with van der Waals surface area (Å²) in [5, 5.41) is 1.37. The van der Waals surface area contributed by atoms with Crippen LogP contribution >= 0.6 is 11.3 Å². The van der Waals surface area contributed by atoms with Crippen LogP contribution in [0.4, 0.5) is 17.6 Å². The van der Waals surface area contributed by atoms with Crippen molar-refractivity contribution < 1.29 is 27.1 Å². The van der Waals surface area contributed by atoms with Crippen molar-refractivity contribution in [1.29, 1.82) is 0 Å². The first-order chi connectivity index (χ1) is 9.93. The molecule has 1 aromatic heterocycles. The number of ether oxygens (including phenoxy) is 1. The normalized spacial score (nSPS) is 10.5. The van der Waals surface area contributed by atoms with Gasteiger partial charge in [-0.3, -0.25) is 10.2 Å². The van der Waals surface area contributed by atoms with Crippen molar-refractivity contribution in [3.63, 3.8) is 0 Å². The van der Waals surface area contributed by atoms with Crippen LogP contribution < -0.4 is 16.0 Å². The predicted octanol–water partition coefficient (Wildman–Crippen LogP) is 1.88. The molecule has 0 aliphatic rings. The third-order valence-corrected chi connectivity index (χ3v) is 3.20. The molecule has 0 radical (unpaired) electrons. The Morgan fingerprint density at radius 1 is 1.29 bits per heavy atom.